The largest absolute Gasteiger partial charge is 0.424 e. The summed E-state index contributed by atoms with van der Waals surface area (Å²) in [7, 11) is -3.09. The van der Waals surface area contributed by atoms with Gasteiger partial charge in [-0.15, -0.1) is 0 Å². The van der Waals surface area contributed by atoms with E-state index in [4.69, 9.17) is 0 Å². The van der Waals surface area contributed by atoms with Crippen LogP contribution >= 0.6 is 0 Å². The van der Waals surface area contributed by atoms with Crippen molar-refractivity contribution >= 4 is 24.5 Å². The van der Waals surface area contributed by atoms with Crippen LogP contribution in [0.1, 0.15) is 67.2 Å². The van der Waals surface area contributed by atoms with E-state index in [-0.39, 0.29) is 28.1 Å². The first-order chi connectivity index (χ1) is 16.0. The Morgan fingerprint density at radius 1 is 1.03 bits per heavy atom. The molecule has 2 nitrogen and oxygen atoms in total. The highest BCUT2D eigenvalue weighted by Gasteiger charge is 2.53. The number of hydrogen-bond donors (Lipinski definition) is 1. The third-order valence-corrected chi connectivity index (χ3v) is 12.6. The van der Waals surface area contributed by atoms with E-state index in [0.717, 1.165) is 36.1 Å². The molecule has 1 N–H and O–H groups in total. The maximum atomic E-state index is 13.0. The van der Waals surface area contributed by atoms with Gasteiger partial charge < -0.3 is 4.80 Å². The second-order valence-electron chi connectivity index (χ2n) is 11.3. The molecule has 0 unspecified atom stereocenters. The molecule has 3 rings (SSSR count). The molecule has 0 heterocycles. The normalized spacial score (nSPS) is 21.0. The van der Waals surface area contributed by atoms with Gasteiger partial charge in [-0.3, -0.25) is 4.79 Å². The molecule has 2 aromatic carbocycles. The van der Waals surface area contributed by atoms with E-state index in [9.17, 15) is 9.59 Å². The van der Waals surface area contributed by atoms with Gasteiger partial charge in [-0.2, -0.15) is 0 Å². The SMILES string of the molecule is CCC/C=C(\C)C[C@@H]1C(=O)C=C[C@@H](CC(C)(C)[Si](O)(c2ccccc2)c2ccccc2)C1(C)C. The van der Waals surface area contributed by atoms with Gasteiger partial charge in [0.25, 0.3) is 8.32 Å². The summed E-state index contributed by atoms with van der Waals surface area (Å²) in [5.41, 5.74) is 1.12. The summed E-state index contributed by atoms with van der Waals surface area (Å²) in [6.07, 6.45) is 10.0. The van der Waals surface area contributed by atoms with E-state index in [0.29, 0.717) is 0 Å². The third-order valence-electron chi connectivity index (χ3n) is 8.09. The summed E-state index contributed by atoms with van der Waals surface area (Å²) >= 11 is 0. The highest BCUT2D eigenvalue weighted by Crippen LogP contribution is 2.51. The molecule has 1 aliphatic carbocycles. The fourth-order valence-corrected chi connectivity index (χ4v) is 9.46. The van der Waals surface area contributed by atoms with Crippen LogP contribution < -0.4 is 10.4 Å². The minimum Gasteiger partial charge on any atom is -0.424 e. The fourth-order valence-electron chi connectivity index (χ4n) is 5.70. The van der Waals surface area contributed by atoms with Crippen LogP contribution in [0.25, 0.3) is 0 Å². The molecule has 2 atom stereocenters. The minimum absolute atomic E-state index is 0.0328. The first-order valence-corrected chi connectivity index (χ1v) is 14.7. The lowest BCUT2D eigenvalue weighted by Gasteiger charge is -2.48. The van der Waals surface area contributed by atoms with Crippen molar-refractivity contribution in [3.8, 4) is 0 Å². The second-order valence-corrected chi connectivity index (χ2v) is 15.2. The molecule has 0 radical (unpaired) electrons. The van der Waals surface area contributed by atoms with Gasteiger partial charge in [0.1, 0.15) is 0 Å². The van der Waals surface area contributed by atoms with Gasteiger partial charge in [0.15, 0.2) is 5.78 Å². The van der Waals surface area contributed by atoms with Crippen molar-refractivity contribution in [2.45, 2.75) is 72.3 Å². The molecule has 0 fully saturated rings. The summed E-state index contributed by atoms with van der Waals surface area (Å²) in [5, 5.41) is 1.73. The zero-order chi connectivity index (χ0) is 25.0. The Balaban J connectivity index is 1.98. The number of unbranched alkanes of at least 4 members (excludes halogenated alkanes) is 1. The number of carbonyl (C=O) groups is 1. The van der Waals surface area contributed by atoms with Gasteiger partial charge in [-0.1, -0.05) is 119 Å². The third kappa shape index (κ3) is 5.21. The van der Waals surface area contributed by atoms with Gasteiger partial charge >= 0.3 is 0 Å². The van der Waals surface area contributed by atoms with Crippen LogP contribution in [0, 0.1) is 17.3 Å². The monoisotopic (exact) mass is 474 g/mol. The number of hydrogen-bond acceptors (Lipinski definition) is 2. The number of allylic oxidation sites excluding steroid dienone is 4. The lowest BCUT2D eigenvalue weighted by atomic mass is 9.61. The Morgan fingerprint density at radius 2 is 1.56 bits per heavy atom. The second kappa shape index (κ2) is 10.6. The highest BCUT2D eigenvalue weighted by molar-refractivity contribution is 6.98. The quantitative estimate of drug-likeness (QED) is 0.335. The van der Waals surface area contributed by atoms with E-state index in [2.05, 4.69) is 78.0 Å². The average Bonchev–Trinajstić information content (AvgIpc) is 2.83. The topological polar surface area (TPSA) is 37.3 Å². The Morgan fingerprint density at radius 3 is 2.06 bits per heavy atom. The van der Waals surface area contributed by atoms with Crippen LogP contribution in [0.2, 0.25) is 5.04 Å². The van der Waals surface area contributed by atoms with Gasteiger partial charge in [0.05, 0.1) is 0 Å². The molecule has 0 aliphatic heterocycles. The van der Waals surface area contributed by atoms with E-state index < -0.39 is 8.32 Å². The summed E-state index contributed by atoms with van der Waals surface area (Å²) in [6.45, 7) is 13.3. The maximum absolute atomic E-state index is 13.0. The fraction of sp³-hybridized carbons (Fsp3) is 0.452. The van der Waals surface area contributed by atoms with Crippen molar-refractivity contribution in [1.29, 1.82) is 0 Å². The molecule has 182 valence electrons. The molecule has 0 saturated heterocycles. The lowest BCUT2D eigenvalue weighted by molar-refractivity contribution is -0.123. The Labute approximate surface area is 207 Å². The number of carbonyl (C=O) groups excluding carboxylic acids is 1. The molecule has 34 heavy (non-hydrogen) atoms. The summed E-state index contributed by atoms with van der Waals surface area (Å²) < 4.78 is 0. The van der Waals surface area contributed by atoms with Crippen LogP contribution in [0.3, 0.4) is 0 Å². The molecule has 0 spiro atoms. The standard InChI is InChI=1S/C31H42O2Si/c1-7-8-15-24(2)22-28-29(32)21-20-25(31(28,5)6)23-30(3,4)34(33,26-16-11-9-12-17-26)27-18-13-10-14-19-27/h9-21,25,28,33H,7-8,22-23H2,1-6H3/b24-15+/t25-,28+/m0/s1. The molecule has 0 saturated carbocycles. The van der Waals surface area contributed by atoms with Crippen molar-refractivity contribution in [1.82, 2.24) is 0 Å². The van der Waals surface area contributed by atoms with E-state index >= 15 is 0 Å². The van der Waals surface area contributed by atoms with Crippen LogP contribution in [0.15, 0.2) is 84.5 Å². The van der Waals surface area contributed by atoms with Crippen molar-refractivity contribution in [2.75, 3.05) is 0 Å². The van der Waals surface area contributed by atoms with Crippen LogP contribution in [0.5, 0.6) is 0 Å². The summed E-state index contributed by atoms with van der Waals surface area (Å²) in [6, 6.07) is 20.4. The number of benzene rings is 2. The van der Waals surface area contributed by atoms with Crippen LogP contribution in [-0.4, -0.2) is 18.9 Å². The molecule has 3 heteroatoms. The van der Waals surface area contributed by atoms with Crippen molar-refractivity contribution < 1.29 is 9.59 Å². The molecular weight excluding hydrogens is 432 g/mol. The Bertz CT molecular complexity index is 978. The molecule has 0 aromatic heterocycles. The number of rotatable bonds is 9. The van der Waals surface area contributed by atoms with E-state index in [1.165, 1.54) is 5.57 Å². The van der Waals surface area contributed by atoms with Gasteiger partial charge in [-0.25, -0.2) is 0 Å². The van der Waals surface area contributed by atoms with Gasteiger partial charge in [-0.05, 0) is 59.0 Å². The Hall–Kier alpha value is -2.23. The molecule has 0 bridgehead atoms. The van der Waals surface area contributed by atoms with Crippen molar-refractivity contribution in [2.24, 2.45) is 17.3 Å². The van der Waals surface area contributed by atoms with E-state index in [1.807, 2.05) is 42.5 Å². The molecule has 2 aromatic rings. The zero-order valence-electron chi connectivity index (χ0n) is 21.8. The van der Waals surface area contributed by atoms with Crippen LogP contribution in [-0.2, 0) is 4.79 Å². The summed E-state index contributed by atoms with van der Waals surface area (Å²) in [5.74, 6) is 0.409. The first-order valence-electron chi connectivity index (χ1n) is 12.7. The predicted octanol–water partition coefficient (Wildman–Crippen LogP) is 6.44. The first kappa shape index (κ1) is 26.4. The predicted molar refractivity (Wildman–Crippen MR) is 147 cm³/mol. The van der Waals surface area contributed by atoms with Crippen LogP contribution in [0.4, 0.5) is 0 Å². The van der Waals surface area contributed by atoms with Crippen molar-refractivity contribution in [3.63, 3.8) is 0 Å². The molecule has 1 aliphatic rings. The molecule has 0 amide bonds. The number of ketones is 1. The average molecular weight is 475 g/mol. The zero-order valence-corrected chi connectivity index (χ0v) is 22.8. The lowest BCUT2D eigenvalue weighted by Crippen LogP contribution is -2.66. The smallest absolute Gasteiger partial charge is 0.258 e. The maximum Gasteiger partial charge on any atom is 0.258 e. The van der Waals surface area contributed by atoms with Crippen molar-refractivity contribution in [3.05, 3.63) is 84.5 Å². The molecular formula is C31H42O2Si. The minimum atomic E-state index is -3.09. The highest BCUT2D eigenvalue weighted by atomic mass is 28.4. The van der Waals surface area contributed by atoms with Gasteiger partial charge in [0, 0.05) is 5.92 Å². The van der Waals surface area contributed by atoms with E-state index in [1.54, 1.807) is 0 Å². The van der Waals surface area contributed by atoms with Gasteiger partial charge in [0.2, 0.25) is 0 Å². The summed E-state index contributed by atoms with van der Waals surface area (Å²) in [4.78, 5) is 25.6. The Kier molecular flexibility index (Phi) is 8.20.